The molecule has 21 heavy (non-hydrogen) atoms. The molecule has 1 aromatic rings. The number of carbonyl (C=O) groups is 2. The standard InChI is InChI=1S/C15H19FN2O3/c1-3-9-18(10-14(19)17-2)13-6-4-5-12(16)11(13)7-8-15(20)21/h4-8H,3,9-10H2,1-2H3,(H,17,19)(H,20,21)/b8-7+. The summed E-state index contributed by atoms with van der Waals surface area (Å²) in [6.07, 6.45) is 2.86. The first-order valence-electron chi connectivity index (χ1n) is 6.64. The largest absolute Gasteiger partial charge is 0.478 e. The second-order valence-electron chi connectivity index (χ2n) is 4.44. The zero-order valence-electron chi connectivity index (χ0n) is 12.1. The van der Waals surface area contributed by atoms with Gasteiger partial charge in [-0.05, 0) is 24.6 Å². The second-order valence-corrected chi connectivity index (χ2v) is 4.44. The number of aliphatic carboxylic acids is 1. The number of hydrogen-bond donors (Lipinski definition) is 2. The molecule has 0 saturated heterocycles. The molecule has 1 amide bonds. The summed E-state index contributed by atoms with van der Waals surface area (Å²) in [5.41, 5.74) is 0.662. The lowest BCUT2D eigenvalue weighted by molar-refractivity contribution is -0.131. The Balaban J connectivity index is 3.20. The van der Waals surface area contributed by atoms with Gasteiger partial charge < -0.3 is 15.3 Å². The molecule has 0 aromatic heterocycles. The van der Waals surface area contributed by atoms with Crippen molar-refractivity contribution in [3.05, 3.63) is 35.7 Å². The van der Waals surface area contributed by atoms with Crippen LogP contribution in [0.1, 0.15) is 18.9 Å². The van der Waals surface area contributed by atoms with E-state index in [0.29, 0.717) is 12.2 Å². The Morgan fingerprint density at radius 3 is 2.71 bits per heavy atom. The molecule has 0 atom stereocenters. The Morgan fingerprint density at radius 1 is 1.43 bits per heavy atom. The fourth-order valence-electron chi connectivity index (χ4n) is 1.93. The number of carbonyl (C=O) groups excluding carboxylic acids is 1. The monoisotopic (exact) mass is 294 g/mol. The number of nitrogens with one attached hydrogen (secondary N) is 1. The maximum atomic E-state index is 13.9. The third-order valence-corrected chi connectivity index (χ3v) is 2.87. The molecule has 0 fully saturated rings. The van der Waals surface area contributed by atoms with Crippen molar-refractivity contribution >= 4 is 23.6 Å². The van der Waals surface area contributed by atoms with Crippen LogP contribution in [0.2, 0.25) is 0 Å². The van der Waals surface area contributed by atoms with E-state index < -0.39 is 11.8 Å². The van der Waals surface area contributed by atoms with Crippen LogP contribution in [0.25, 0.3) is 6.08 Å². The van der Waals surface area contributed by atoms with E-state index in [0.717, 1.165) is 12.5 Å². The van der Waals surface area contributed by atoms with Gasteiger partial charge in [0, 0.05) is 30.9 Å². The summed E-state index contributed by atoms with van der Waals surface area (Å²) in [5.74, 6) is -1.87. The van der Waals surface area contributed by atoms with Crippen LogP contribution in [0.15, 0.2) is 24.3 Å². The molecule has 0 aliphatic heterocycles. The van der Waals surface area contributed by atoms with Gasteiger partial charge in [-0.15, -0.1) is 0 Å². The number of anilines is 1. The molecule has 0 radical (unpaired) electrons. The molecular weight excluding hydrogens is 275 g/mol. The fraction of sp³-hybridized carbons (Fsp3) is 0.333. The maximum absolute atomic E-state index is 13.9. The molecule has 6 heteroatoms. The Hall–Kier alpha value is -2.37. The first-order valence-corrected chi connectivity index (χ1v) is 6.64. The summed E-state index contributed by atoms with van der Waals surface area (Å²) in [6, 6.07) is 4.47. The van der Waals surface area contributed by atoms with Crippen LogP contribution in [0, 0.1) is 5.82 Å². The van der Waals surface area contributed by atoms with E-state index in [1.54, 1.807) is 11.0 Å². The van der Waals surface area contributed by atoms with Crippen LogP contribution in [0.5, 0.6) is 0 Å². The molecule has 0 aliphatic carbocycles. The number of rotatable bonds is 7. The van der Waals surface area contributed by atoms with E-state index in [-0.39, 0.29) is 18.0 Å². The molecule has 0 heterocycles. The lowest BCUT2D eigenvalue weighted by Gasteiger charge is -2.25. The molecule has 0 spiro atoms. The average Bonchev–Trinajstić information content (AvgIpc) is 2.45. The molecule has 5 nitrogen and oxygen atoms in total. The van der Waals surface area contributed by atoms with Gasteiger partial charge in [0.15, 0.2) is 0 Å². The van der Waals surface area contributed by atoms with E-state index >= 15 is 0 Å². The molecule has 0 bridgehead atoms. The topological polar surface area (TPSA) is 69.6 Å². The predicted octanol–water partition coefficient (Wildman–Crippen LogP) is 1.89. The van der Waals surface area contributed by atoms with Crippen molar-refractivity contribution in [2.75, 3.05) is 25.0 Å². The first kappa shape index (κ1) is 16.7. The summed E-state index contributed by atoms with van der Waals surface area (Å²) in [4.78, 5) is 23.9. The van der Waals surface area contributed by atoms with Gasteiger partial charge in [0.1, 0.15) is 5.82 Å². The number of hydrogen-bond acceptors (Lipinski definition) is 3. The molecule has 1 aromatic carbocycles. The third kappa shape index (κ3) is 4.91. The lowest BCUT2D eigenvalue weighted by atomic mass is 10.1. The molecule has 1 rings (SSSR count). The van der Waals surface area contributed by atoms with Crippen molar-refractivity contribution in [3.63, 3.8) is 0 Å². The van der Waals surface area contributed by atoms with Crippen molar-refractivity contribution in [2.24, 2.45) is 0 Å². The number of amides is 1. The van der Waals surface area contributed by atoms with Crippen molar-refractivity contribution in [1.82, 2.24) is 5.32 Å². The number of carboxylic acids is 1. The van der Waals surface area contributed by atoms with Gasteiger partial charge in [-0.1, -0.05) is 13.0 Å². The van der Waals surface area contributed by atoms with Crippen molar-refractivity contribution in [2.45, 2.75) is 13.3 Å². The van der Waals surface area contributed by atoms with E-state index in [9.17, 15) is 14.0 Å². The minimum Gasteiger partial charge on any atom is -0.478 e. The predicted molar refractivity (Wildman–Crippen MR) is 79.6 cm³/mol. The number of likely N-dealkylation sites (N-methyl/N-ethyl adjacent to an activating group) is 1. The van der Waals surface area contributed by atoms with E-state index in [2.05, 4.69) is 5.32 Å². The minimum atomic E-state index is -1.16. The van der Waals surface area contributed by atoms with Crippen LogP contribution in [-0.2, 0) is 9.59 Å². The maximum Gasteiger partial charge on any atom is 0.328 e. The number of nitrogens with zero attached hydrogens (tertiary/aromatic N) is 1. The third-order valence-electron chi connectivity index (χ3n) is 2.87. The van der Waals surface area contributed by atoms with Crippen LogP contribution < -0.4 is 10.2 Å². The van der Waals surface area contributed by atoms with Crippen molar-refractivity contribution < 1.29 is 19.1 Å². The molecule has 0 saturated carbocycles. The highest BCUT2D eigenvalue weighted by molar-refractivity contribution is 5.88. The van der Waals surface area contributed by atoms with Gasteiger partial charge in [-0.3, -0.25) is 4.79 Å². The van der Waals surface area contributed by atoms with Gasteiger partial charge >= 0.3 is 5.97 Å². The summed E-state index contributed by atoms with van der Waals surface area (Å²) in [6.45, 7) is 2.59. The Labute approximate surface area is 123 Å². The zero-order valence-corrected chi connectivity index (χ0v) is 12.1. The molecule has 0 unspecified atom stereocenters. The Morgan fingerprint density at radius 2 is 2.14 bits per heavy atom. The quantitative estimate of drug-likeness (QED) is 0.753. The Kier molecular flexibility index (Phi) is 6.39. The Bertz CT molecular complexity index is 544. The van der Waals surface area contributed by atoms with Crippen molar-refractivity contribution in [3.8, 4) is 0 Å². The highest BCUT2D eigenvalue weighted by atomic mass is 19.1. The molecule has 114 valence electrons. The highest BCUT2D eigenvalue weighted by Crippen LogP contribution is 2.25. The van der Waals surface area contributed by atoms with E-state index in [1.165, 1.54) is 25.3 Å². The van der Waals surface area contributed by atoms with Crippen molar-refractivity contribution in [1.29, 1.82) is 0 Å². The number of benzene rings is 1. The lowest BCUT2D eigenvalue weighted by Crippen LogP contribution is -2.36. The van der Waals surface area contributed by atoms with E-state index in [1.807, 2.05) is 6.92 Å². The van der Waals surface area contributed by atoms with Crippen LogP contribution >= 0.6 is 0 Å². The van der Waals surface area contributed by atoms with Crippen LogP contribution in [0.4, 0.5) is 10.1 Å². The normalized spacial score (nSPS) is 10.6. The number of carboxylic acid groups (broad SMARTS) is 1. The fourth-order valence-corrected chi connectivity index (χ4v) is 1.93. The molecule has 2 N–H and O–H groups in total. The van der Waals surface area contributed by atoms with Gasteiger partial charge in [-0.2, -0.15) is 0 Å². The van der Waals surface area contributed by atoms with Crippen LogP contribution in [-0.4, -0.2) is 37.1 Å². The summed E-state index contributed by atoms with van der Waals surface area (Å²) in [7, 11) is 1.53. The smallest absolute Gasteiger partial charge is 0.328 e. The first-order chi connectivity index (χ1) is 9.99. The molecular formula is C15H19FN2O3. The van der Waals surface area contributed by atoms with Gasteiger partial charge in [0.05, 0.1) is 6.54 Å². The van der Waals surface area contributed by atoms with Gasteiger partial charge in [0.2, 0.25) is 5.91 Å². The summed E-state index contributed by atoms with van der Waals surface area (Å²) < 4.78 is 13.9. The van der Waals surface area contributed by atoms with Crippen LogP contribution in [0.3, 0.4) is 0 Å². The summed E-state index contributed by atoms with van der Waals surface area (Å²) in [5, 5.41) is 11.2. The van der Waals surface area contributed by atoms with E-state index in [4.69, 9.17) is 5.11 Å². The molecule has 0 aliphatic rings. The highest BCUT2D eigenvalue weighted by Gasteiger charge is 2.15. The minimum absolute atomic E-state index is 0.0850. The SMILES string of the molecule is CCCN(CC(=O)NC)c1cccc(F)c1/C=C/C(=O)O. The van der Waals surface area contributed by atoms with Gasteiger partial charge in [-0.25, -0.2) is 9.18 Å². The number of halogens is 1. The summed E-state index contributed by atoms with van der Waals surface area (Å²) >= 11 is 0. The van der Waals surface area contributed by atoms with Gasteiger partial charge in [0.25, 0.3) is 0 Å². The average molecular weight is 294 g/mol. The zero-order chi connectivity index (χ0) is 15.8. The second kappa shape index (κ2) is 8.04.